The molecule has 0 amide bonds. The first-order valence-electron chi connectivity index (χ1n) is 10.9. The van der Waals surface area contributed by atoms with Gasteiger partial charge in [0.2, 0.25) is 0 Å². The summed E-state index contributed by atoms with van der Waals surface area (Å²) in [5.74, 6) is 0.0750. The first kappa shape index (κ1) is 21.4. The van der Waals surface area contributed by atoms with Crippen molar-refractivity contribution >= 4 is 39.3 Å². The van der Waals surface area contributed by atoms with E-state index in [0.29, 0.717) is 6.61 Å². The van der Waals surface area contributed by atoms with Crippen molar-refractivity contribution in [2.24, 2.45) is 0 Å². The summed E-state index contributed by atoms with van der Waals surface area (Å²) in [6.45, 7) is 4.05. The van der Waals surface area contributed by atoms with Crippen LogP contribution in [0.15, 0.2) is 85.1 Å². The number of nitrogens with zero attached hydrogens (tertiary/aromatic N) is 2. The second kappa shape index (κ2) is 9.57. The van der Waals surface area contributed by atoms with Crippen LogP contribution in [0.4, 0.5) is 0 Å². The van der Waals surface area contributed by atoms with Crippen molar-refractivity contribution in [3.05, 3.63) is 105 Å². The highest BCUT2D eigenvalue weighted by Crippen LogP contribution is 2.27. The summed E-state index contributed by atoms with van der Waals surface area (Å²) in [5, 5.41) is 1.00. The Morgan fingerprint density at radius 2 is 1.69 bits per heavy atom. The van der Waals surface area contributed by atoms with E-state index in [2.05, 4.69) is 68.5 Å². The zero-order chi connectivity index (χ0) is 21.9. The minimum absolute atomic E-state index is 0.0750. The van der Waals surface area contributed by atoms with Gasteiger partial charge in [0.25, 0.3) is 0 Å². The maximum atomic E-state index is 13.4. The van der Waals surface area contributed by atoms with E-state index in [4.69, 9.17) is 4.74 Å². The summed E-state index contributed by atoms with van der Waals surface area (Å²) < 4.78 is 9.06. The molecule has 0 saturated carbocycles. The third-order valence-electron chi connectivity index (χ3n) is 6.14. The average Bonchev–Trinajstić information content (AvgIpc) is 3.19. The van der Waals surface area contributed by atoms with Gasteiger partial charge in [0.05, 0.1) is 19.3 Å². The quantitative estimate of drug-likeness (QED) is 0.245. The van der Waals surface area contributed by atoms with Gasteiger partial charge in [-0.3, -0.25) is 9.69 Å². The van der Waals surface area contributed by atoms with E-state index in [9.17, 15) is 4.79 Å². The standard InChI is InChI=1S/C27H25IN2O2/c28-25-12-6-4-11-23(25)27(31)24-18-30(26-13-7-5-10-22(24)26)17-21-19-32-15-14-29(21)16-20-8-2-1-3-9-20/h1-13,18,21H,14-17,19H2. The van der Waals surface area contributed by atoms with E-state index in [1.165, 1.54) is 5.56 Å². The number of ketones is 1. The van der Waals surface area contributed by atoms with Crippen molar-refractivity contribution in [3.8, 4) is 0 Å². The molecule has 0 bridgehead atoms. The molecule has 5 heteroatoms. The highest BCUT2D eigenvalue weighted by molar-refractivity contribution is 14.1. The molecule has 0 aliphatic carbocycles. The van der Waals surface area contributed by atoms with Crippen LogP contribution in [-0.2, 0) is 17.8 Å². The number of hydrogen-bond acceptors (Lipinski definition) is 3. The maximum Gasteiger partial charge on any atom is 0.196 e. The van der Waals surface area contributed by atoms with Crippen molar-refractivity contribution in [2.75, 3.05) is 19.8 Å². The van der Waals surface area contributed by atoms with E-state index in [1.54, 1.807) is 0 Å². The van der Waals surface area contributed by atoms with E-state index in [1.807, 2.05) is 48.7 Å². The zero-order valence-corrected chi connectivity index (χ0v) is 19.9. The molecule has 1 aliphatic heterocycles. The summed E-state index contributed by atoms with van der Waals surface area (Å²) in [6.07, 6.45) is 2.03. The number of carbonyl (C=O) groups excluding carboxylic acids is 1. The molecule has 0 N–H and O–H groups in total. The monoisotopic (exact) mass is 536 g/mol. The fraction of sp³-hybridized carbons (Fsp3) is 0.222. The second-order valence-corrected chi connectivity index (χ2v) is 9.37. The smallest absolute Gasteiger partial charge is 0.196 e. The molecule has 162 valence electrons. The number of morpholine rings is 1. The lowest BCUT2D eigenvalue weighted by Crippen LogP contribution is -2.47. The molecular formula is C27H25IN2O2. The average molecular weight is 536 g/mol. The fourth-order valence-electron chi connectivity index (χ4n) is 4.48. The van der Waals surface area contributed by atoms with Crippen molar-refractivity contribution < 1.29 is 9.53 Å². The van der Waals surface area contributed by atoms with Crippen molar-refractivity contribution in [1.29, 1.82) is 0 Å². The molecule has 4 nitrogen and oxygen atoms in total. The highest BCUT2D eigenvalue weighted by Gasteiger charge is 2.25. The molecule has 1 unspecified atom stereocenters. The number of hydrogen-bond donors (Lipinski definition) is 0. The number of carbonyl (C=O) groups is 1. The van der Waals surface area contributed by atoms with Gasteiger partial charge >= 0.3 is 0 Å². The lowest BCUT2D eigenvalue weighted by Gasteiger charge is -2.36. The number of aromatic nitrogens is 1. The number of para-hydroxylation sites is 1. The molecule has 1 fully saturated rings. The van der Waals surface area contributed by atoms with Crippen LogP contribution in [0, 0.1) is 3.57 Å². The third kappa shape index (κ3) is 4.37. The molecule has 0 spiro atoms. The van der Waals surface area contributed by atoms with Crippen LogP contribution >= 0.6 is 22.6 Å². The first-order valence-corrected chi connectivity index (χ1v) is 12.0. The van der Waals surface area contributed by atoms with Gasteiger partial charge in [0, 0.05) is 51.4 Å². The normalized spacial score (nSPS) is 17.0. The molecule has 1 atom stereocenters. The van der Waals surface area contributed by atoms with Crippen LogP contribution < -0.4 is 0 Å². The maximum absolute atomic E-state index is 13.4. The Kier molecular flexibility index (Phi) is 6.39. The van der Waals surface area contributed by atoms with E-state index < -0.39 is 0 Å². The molecule has 3 aromatic carbocycles. The van der Waals surface area contributed by atoms with Crippen LogP contribution in [0.3, 0.4) is 0 Å². The predicted molar refractivity (Wildman–Crippen MR) is 136 cm³/mol. The summed E-state index contributed by atoms with van der Waals surface area (Å²) in [7, 11) is 0. The summed E-state index contributed by atoms with van der Waals surface area (Å²) in [4.78, 5) is 15.9. The minimum Gasteiger partial charge on any atom is -0.378 e. The molecule has 32 heavy (non-hydrogen) atoms. The number of halogens is 1. The van der Waals surface area contributed by atoms with Crippen molar-refractivity contribution in [3.63, 3.8) is 0 Å². The summed E-state index contributed by atoms with van der Waals surface area (Å²) >= 11 is 2.24. The molecule has 0 radical (unpaired) electrons. The van der Waals surface area contributed by atoms with Gasteiger partial charge < -0.3 is 9.30 Å². The summed E-state index contributed by atoms with van der Waals surface area (Å²) in [6, 6.07) is 26.8. The van der Waals surface area contributed by atoms with Gasteiger partial charge in [0.1, 0.15) is 0 Å². The van der Waals surface area contributed by atoms with Gasteiger partial charge in [-0.05, 0) is 46.4 Å². The number of rotatable bonds is 6. The number of ether oxygens (including phenoxy) is 1. The molecular weight excluding hydrogens is 511 g/mol. The van der Waals surface area contributed by atoms with Gasteiger partial charge in [-0.1, -0.05) is 60.7 Å². The zero-order valence-electron chi connectivity index (χ0n) is 17.8. The van der Waals surface area contributed by atoms with Gasteiger partial charge in [-0.2, -0.15) is 0 Å². The Labute approximate surface area is 201 Å². The Balaban J connectivity index is 1.46. The van der Waals surface area contributed by atoms with Crippen LogP contribution in [0.1, 0.15) is 21.5 Å². The number of fused-ring (bicyclic) bond motifs is 1. The predicted octanol–water partition coefficient (Wildman–Crippen LogP) is 5.38. The lowest BCUT2D eigenvalue weighted by molar-refractivity contribution is -0.0172. The van der Waals surface area contributed by atoms with E-state index >= 15 is 0 Å². The van der Waals surface area contributed by atoms with Crippen molar-refractivity contribution in [1.82, 2.24) is 9.47 Å². The van der Waals surface area contributed by atoms with Crippen LogP contribution in [0.25, 0.3) is 10.9 Å². The highest BCUT2D eigenvalue weighted by atomic mass is 127. The number of benzene rings is 3. The fourth-order valence-corrected chi connectivity index (χ4v) is 5.11. The Morgan fingerprint density at radius 3 is 2.53 bits per heavy atom. The molecule has 5 rings (SSSR count). The third-order valence-corrected chi connectivity index (χ3v) is 7.08. The largest absolute Gasteiger partial charge is 0.378 e. The van der Waals surface area contributed by atoms with Crippen LogP contribution in [0.2, 0.25) is 0 Å². The molecule has 2 heterocycles. The van der Waals surface area contributed by atoms with Gasteiger partial charge in [-0.15, -0.1) is 0 Å². The second-order valence-electron chi connectivity index (χ2n) is 8.21. The molecule has 1 aromatic heterocycles. The van der Waals surface area contributed by atoms with E-state index in [-0.39, 0.29) is 11.8 Å². The summed E-state index contributed by atoms with van der Waals surface area (Å²) in [5.41, 5.74) is 3.91. The molecule has 4 aromatic rings. The van der Waals surface area contributed by atoms with Gasteiger partial charge in [0.15, 0.2) is 5.78 Å². The van der Waals surface area contributed by atoms with Gasteiger partial charge in [-0.25, -0.2) is 0 Å². The lowest BCUT2D eigenvalue weighted by atomic mass is 10.0. The topological polar surface area (TPSA) is 34.5 Å². The van der Waals surface area contributed by atoms with Crippen LogP contribution in [-0.4, -0.2) is 41.1 Å². The Hall–Kier alpha value is -2.48. The SMILES string of the molecule is O=C(c1ccccc1I)c1cn(CC2COCCN2Cc2ccccc2)c2ccccc12. The molecule has 1 saturated heterocycles. The molecule has 1 aliphatic rings. The Morgan fingerprint density at radius 1 is 0.938 bits per heavy atom. The van der Waals surface area contributed by atoms with E-state index in [0.717, 1.165) is 51.8 Å². The van der Waals surface area contributed by atoms with Crippen molar-refractivity contribution in [2.45, 2.75) is 19.1 Å². The van der Waals surface area contributed by atoms with Crippen LogP contribution in [0.5, 0.6) is 0 Å². The first-order chi connectivity index (χ1) is 15.7. The Bertz CT molecular complexity index is 1230. The minimum atomic E-state index is 0.0750.